The maximum absolute atomic E-state index is 6.07. The van der Waals surface area contributed by atoms with Gasteiger partial charge >= 0.3 is 0 Å². The standard InChI is InChI=1S/C10H17Cl/c1-7(2)9-4-8(3)5-10(11)6-9/h6-8,10H,4-5H2,1-3H3. The highest BCUT2D eigenvalue weighted by Gasteiger charge is 2.18. The monoisotopic (exact) mass is 172 g/mol. The van der Waals surface area contributed by atoms with Crippen molar-refractivity contribution in [1.82, 2.24) is 0 Å². The lowest BCUT2D eigenvalue weighted by molar-refractivity contribution is 0.483. The Balaban J connectivity index is 2.64. The number of rotatable bonds is 1. The molecule has 0 spiro atoms. The molecule has 1 heteroatoms. The van der Waals surface area contributed by atoms with Crippen LogP contribution in [0.3, 0.4) is 0 Å². The molecular weight excluding hydrogens is 156 g/mol. The van der Waals surface area contributed by atoms with Gasteiger partial charge in [0.05, 0.1) is 5.38 Å². The van der Waals surface area contributed by atoms with Gasteiger partial charge in [-0.2, -0.15) is 0 Å². The zero-order chi connectivity index (χ0) is 8.43. The molecule has 0 amide bonds. The van der Waals surface area contributed by atoms with E-state index in [1.165, 1.54) is 6.42 Å². The molecule has 0 radical (unpaired) electrons. The van der Waals surface area contributed by atoms with Crippen molar-refractivity contribution < 1.29 is 0 Å². The van der Waals surface area contributed by atoms with Crippen LogP contribution in [0.25, 0.3) is 0 Å². The third kappa shape index (κ3) is 2.52. The van der Waals surface area contributed by atoms with Crippen molar-refractivity contribution in [3.63, 3.8) is 0 Å². The Morgan fingerprint density at radius 2 is 2.18 bits per heavy atom. The van der Waals surface area contributed by atoms with Crippen LogP contribution in [0.5, 0.6) is 0 Å². The van der Waals surface area contributed by atoms with Gasteiger partial charge in [-0.1, -0.05) is 32.4 Å². The molecule has 11 heavy (non-hydrogen) atoms. The second-order valence-corrected chi connectivity index (χ2v) is 4.52. The molecule has 0 fully saturated rings. The molecule has 1 aliphatic rings. The van der Waals surface area contributed by atoms with Gasteiger partial charge in [0, 0.05) is 0 Å². The lowest BCUT2D eigenvalue weighted by atomic mass is 9.85. The summed E-state index contributed by atoms with van der Waals surface area (Å²) in [7, 11) is 0. The van der Waals surface area contributed by atoms with E-state index >= 15 is 0 Å². The summed E-state index contributed by atoms with van der Waals surface area (Å²) >= 11 is 6.07. The van der Waals surface area contributed by atoms with Crippen molar-refractivity contribution in [3.05, 3.63) is 11.6 Å². The Labute approximate surface area is 74.6 Å². The first kappa shape index (κ1) is 9.12. The number of hydrogen-bond donors (Lipinski definition) is 0. The van der Waals surface area contributed by atoms with Crippen LogP contribution in [0.4, 0.5) is 0 Å². The number of halogens is 1. The highest BCUT2D eigenvalue weighted by molar-refractivity contribution is 6.21. The molecule has 0 N–H and O–H groups in total. The van der Waals surface area contributed by atoms with E-state index in [0.717, 1.165) is 12.3 Å². The van der Waals surface area contributed by atoms with E-state index in [2.05, 4.69) is 26.8 Å². The van der Waals surface area contributed by atoms with E-state index in [9.17, 15) is 0 Å². The zero-order valence-corrected chi connectivity index (χ0v) is 8.36. The fourth-order valence-corrected chi connectivity index (χ4v) is 2.13. The van der Waals surface area contributed by atoms with Gasteiger partial charge in [-0.05, 0) is 24.7 Å². The molecule has 0 saturated heterocycles. The second-order valence-electron chi connectivity index (χ2n) is 3.96. The molecule has 0 aromatic carbocycles. The Bertz CT molecular complexity index is 158. The van der Waals surface area contributed by atoms with Gasteiger partial charge in [-0.3, -0.25) is 0 Å². The molecule has 0 bridgehead atoms. The topological polar surface area (TPSA) is 0 Å². The minimum absolute atomic E-state index is 0.288. The Morgan fingerprint density at radius 1 is 1.55 bits per heavy atom. The van der Waals surface area contributed by atoms with Gasteiger partial charge in [0.2, 0.25) is 0 Å². The summed E-state index contributed by atoms with van der Waals surface area (Å²) < 4.78 is 0. The highest BCUT2D eigenvalue weighted by Crippen LogP contribution is 2.30. The van der Waals surface area contributed by atoms with Gasteiger partial charge in [0.1, 0.15) is 0 Å². The molecule has 1 aliphatic carbocycles. The number of alkyl halides is 1. The van der Waals surface area contributed by atoms with E-state index in [0.29, 0.717) is 5.92 Å². The average Bonchev–Trinajstić information content (AvgIpc) is 1.85. The molecule has 0 aromatic heterocycles. The first-order chi connectivity index (χ1) is 5.09. The molecular formula is C10H17Cl. The minimum atomic E-state index is 0.288. The van der Waals surface area contributed by atoms with Gasteiger partial charge in [-0.15, -0.1) is 11.6 Å². The van der Waals surface area contributed by atoms with E-state index in [1.54, 1.807) is 5.57 Å². The molecule has 0 heterocycles. The van der Waals surface area contributed by atoms with Crippen LogP contribution in [0.15, 0.2) is 11.6 Å². The molecule has 1 rings (SSSR count). The maximum Gasteiger partial charge on any atom is 0.0521 e. The van der Waals surface area contributed by atoms with E-state index in [1.807, 2.05) is 0 Å². The van der Waals surface area contributed by atoms with Crippen LogP contribution < -0.4 is 0 Å². The Kier molecular flexibility index (Phi) is 3.00. The zero-order valence-electron chi connectivity index (χ0n) is 7.60. The van der Waals surface area contributed by atoms with E-state index in [-0.39, 0.29) is 5.38 Å². The van der Waals surface area contributed by atoms with Crippen molar-refractivity contribution >= 4 is 11.6 Å². The Morgan fingerprint density at radius 3 is 2.64 bits per heavy atom. The molecule has 2 atom stereocenters. The number of allylic oxidation sites excluding steroid dienone is 2. The summed E-state index contributed by atoms with van der Waals surface area (Å²) in [6.45, 7) is 6.77. The lowest BCUT2D eigenvalue weighted by Crippen LogP contribution is -2.14. The molecule has 0 aliphatic heterocycles. The van der Waals surface area contributed by atoms with Gasteiger partial charge in [0.25, 0.3) is 0 Å². The SMILES string of the molecule is CC1CC(C(C)C)=CC(Cl)C1. The highest BCUT2D eigenvalue weighted by atomic mass is 35.5. The summed E-state index contributed by atoms with van der Waals surface area (Å²) in [6.07, 6.45) is 4.64. The van der Waals surface area contributed by atoms with E-state index in [4.69, 9.17) is 11.6 Å². The first-order valence-electron chi connectivity index (χ1n) is 4.44. The van der Waals surface area contributed by atoms with Crippen molar-refractivity contribution in [1.29, 1.82) is 0 Å². The first-order valence-corrected chi connectivity index (χ1v) is 4.88. The van der Waals surface area contributed by atoms with Crippen LogP contribution in [0.1, 0.15) is 33.6 Å². The smallest absolute Gasteiger partial charge is 0.0521 e. The largest absolute Gasteiger partial charge is 0.118 e. The third-order valence-corrected chi connectivity index (χ3v) is 2.65. The summed E-state index contributed by atoms with van der Waals surface area (Å²) in [5, 5.41) is 0.288. The summed E-state index contributed by atoms with van der Waals surface area (Å²) in [4.78, 5) is 0. The molecule has 64 valence electrons. The van der Waals surface area contributed by atoms with Crippen LogP contribution in [-0.2, 0) is 0 Å². The molecule has 0 nitrogen and oxygen atoms in total. The normalized spacial score (nSPS) is 32.3. The molecule has 0 aromatic rings. The van der Waals surface area contributed by atoms with Crippen molar-refractivity contribution in [2.45, 2.75) is 39.0 Å². The third-order valence-electron chi connectivity index (χ3n) is 2.35. The van der Waals surface area contributed by atoms with Crippen molar-refractivity contribution in [2.24, 2.45) is 11.8 Å². The Hall–Kier alpha value is 0.0300. The summed E-state index contributed by atoms with van der Waals surface area (Å²) in [5.41, 5.74) is 1.55. The molecule has 0 saturated carbocycles. The average molecular weight is 173 g/mol. The van der Waals surface area contributed by atoms with Crippen LogP contribution >= 0.6 is 11.6 Å². The van der Waals surface area contributed by atoms with Crippen LogP contribution in [0.2, 0.25) is 0 Å². The fourth-order valence-electron chi connectivity index (χ4n) is 1.67. The van der Waals surface area contributed by atoms with Crippen LogP contribution in [0, 0.1) is 11.8 Å². The van der Waals surface area contributed by atoms with Crippen molar-refractivity contribution in [2.75, 3.05) is 0 Å². The second kappa shape index (κ2) is 3.62. The predicted octanol–water partition coefficient (Wildman–Crippen LogP) is 3.61. The van der Waals surface area contributed by atoms with Gasteiger partial charge < -0.3 is 0 Å². The van der Waals surface area contributed by atoms with Crippen LogP contribution in [-0.4, -0.2) is 5.38 Å². The predicted molar refractivity (Wildman–Crippen MR) is 51.0 cm³/mol. The number of hydrogen-bond acceptors (Lipinski definition) is 0. The summed E-state index contributed by atoms with van der Waals surface area (Å²) in [5.74, 6) is 1.46. The van der Waals surface area contributed by atoms with E-state index < -0.39 is 0 Å². The maximum atomic E-state index is 6.07. The quantitative estimate of drug-likeness (QED) is 0.419. The van der Waals surface area contributed by atoms with Gasteiger partial charge in [0.15, 0.2) is 0 Å². The molecule has 2 unspecified atom stereocenters. The van der Waals surface area contributed by atoms with Gasteiger partial charge in [-0.25, -0.2) is 0 Å². The summed E-state index contributed by atoms with van der Waals surface area (Å²) in [6, 6.07) is 0. The lowest BCUT2D eigenvalue weighted by Gasteiger charge is -2.24. The minimum Gasteiger partial charge on any atom is -0.118 e. The fraction of sp³-hybridized carbons (Fsp3) is 0.800. The van der Waals surface area contributed by atoms with Crippen molar-refractivity contribution in [3.8, 4) is 0 Å².